The molecule has 0 bridgehead atoms. The molecule has 0 atom stereocenters. The van der Waals surface area contributed by atoms with Crippen LogP contribution in [-0.2, 0) is 0 Å². The predicted octanol–water partition coefficient (Wildman–Crippen LogP) is 10.0. The van der Waals surface area contributed by atoms with Crippen LogP contribution in [0.25, 0.3) is 11.1 Å². The van der Waals surface area contributed by atoms with Gasteiger partial charge in [0.15, 0.2) is 0 Å². The van der Waals surface area contributed by atoms with Crippen LogP contribution in [0.2, 0.25) is 0 Å². The highest BCUT2D eigenvalue weighted by Gasteiger charge is 1.98. The first-order chi connectivity index (χ1) is 15.4. The van der Waals surface area contributed by atoms with E-state index in [2.05, 4.69) is 66.8 Å². The number of unbranched alkanes of at least 4 members (excludes halogenated alkanes) is 15. The molecule has 31 heavy (non-hydrogen) atoms. The van der Waals surface area contributed by atoms with Crippen LogP contribution in [0, 0.1) is 0 Å². The maximum absolute atomic E-state index is 3.57. The fourth-order valence-electron chi connectivity index (χ4n) is 4.32. The Balaban J connectivity index is 1.35. The van der Waals surface area contributed by atoms with E-state index in [1.54, 1.807) is 0 Å². The predicted molar refractivity (Wildman–Crippen MR) is 140 cm³/mol. The minimum absolute atomic E-state index is 1.09. The monoisotopic (exact) mass is 421 g/mol. The van der Waals surface area contributed by atoms with E-state index in [-0.39, 0.29) is 0 Å². The van der Waals surface area contributed by atoms with Crippen molar-refractivity contribution in [3.8, 4) is 11.1 Å². The summed E-state index contributed by atoms with van der Waals surface area (Å²) in [5.41, 5.74) is 3.81. The zero-order chi connectivity index (χ0) is 21.8. The van der Waals surface area contributed by atoms with Crippen molar-refractivity contribution in [3.05, 3.63) is 54.6 Å². The molecule has 0 unspecified atom stereocenters. The normalized spacial score (nSPS) is 11.0. The van der Waals surface area contributed by atoms with Crippen molar-refractivity contribution < 1.29 is 0 Å². The fourth-order valence-corrected chi connectivity index (χ4v) is 4.32. The van der Waals surface area contributed by atoms with E-state index < -0.39 is 0 Å². The zero-order valence-corrected chi connectivity index (χ0v) is 20.2. The van der Waals surface area contributed by atoms with Crippen LogP contribution in [0.5, 0.6) is 0 Å². The van der Waals surface area contributed by atoms with E-state index in [1.165, 1.54) is 120 Å². The lowest BCUT2D eigenvalue weighted by Gasteiger charge is -2.08. The third-order valence-corrected chi connectivity index (χ3v) is 6.35. The van der Waals surface area contributed by atoms with Crippen molar-refractivity contribution in [2.75, 3.05) is 11.9 Å². The minimum Gasteiger partial charge on any atom is -0.385 e. The first kappa shape index (κ1) is 25.5. The van der Waals surface area contributed by atoms with Gasteiger partial charge >= 0.3 is 0 Å². The Morgan fingerprint density at radius 3 is 1.35 bits per heavy atom. The van der Waals surface area contributed by atoms with E-state index in [0.717, 1.165) is 6.54 Å². The molecular formula is C30H47N. The van der Waals surface area contributed by atoms with Crippen molar-refractivity contribution in [1.29, 1.82) is 0 Å². The van der Waals surface area contributed by atoms with Crippen LogP contribution in [0.3, 0.4) is 0 Å². The summed E-state index contributed by atoms with van der Waals surface area (Å²) in [6, 6.07) is 19.4. The van der Waals surface area contributed by atoms with Gasteiger partial charge in [-0.05, 0) is 29.7 Å². The van der Waals surface area contributed by atoms with Crippen molar-refractivity contribution in [1.82, 2.24) is 0 Å². The average Bonchev–Trinajstić information content (AvgIpc) is 2.82. The van der Waals surface area contributed by atoms with Gasteiger partial charge in [0, 0.05) is 12.2 Å². The molecule has 1 nitrogen and oxygen atoms in total. The van der Waals surface area contributed by atoms with Crippen molar-refractivity contribution in [2.24, 2.45) is 0 Å². The van der Waals surface area contributed by atoms with E-state index >= 15 is 0 Å². The van der Waals surface area contributed by atoms with Gasteiger partial charge in [-0.15, -0.1) is 0 Å². The second-order valence-electron chi connectivity index (χ2n) is 9.17. The topological polar surface area (TPSA) is 12.0 Å². The van der Waals surface area contributed by atoms with Crippen LogP contribution >= 0.6 is 0 Å². The van der Waals surface area contributed by atoms with E-state index in [1.807, 2.05) is 0 Å². The van der Waals surface area contributed by atoms with E-state index in [0.29, 0.717) is 0 Å². The van der Waals surface area contributed by atoms with Crippen molar-refractivity contribution in [3.63, 3.8) is 0 Å². The van der Waals surface area contributed by atoms with Crippen molar-refractivity contribution in [2.45, 2.75) is 110 Å². The standard InChI is InChI=1S/C30H47N/c1-2-3-4-5-6-7-8-9-10-11-12-13-14-15-16-20-27-31-30-25-23-29(24-26-30)28-21-18-17-19-22-28/h17-19,21-26,31H,2-16,20,27H2,1H3. The largest absolute Gasteiger partial charge is 0.385 e. The fraction of sp³-hybridized carbons (Fsp3) is 0.600. The summed E-state index contributed by atoms with van der Waals surface area (Å²) in [5, 5.41) is 3.57. The highest BCUT2D eigenvalue weighted by Crippen LogP contribution is 2.21. The molecular weight excluding hydrogens is 374 g/mol. The highest BCUT2D eigenvalue weighted by molar-refractivity contribution is 5.65. The molecule has 0 spiro atoms. The third kappa shape index (κ3) is 12.6. The number of rotatable bonds is 19. The molecule has 0 fully saturated rings. The number of hydrogen-bond acceptors (Lipinski definition) is 1. The molecule has 172 valence electrons. The Labute approximate surface area is 193 Å². The van der Waals surface area contributed by atoms with Gasteiger partial charge in [-0.1, -0.05) is 146 Å². The van der Waals surface area contributed by atoms with Gasteiger partial charge < -0.3 is 5.32 Å². The maximum atomic E-state index is 3.57. The molecule has 2 aromatic rings. The summed E-state index contributed by atoms with van der Waals surface area (Å²) < 4.78 is 0. The molecule has 0 radical (unpaired) electrons. The summed E-state index contributed by atoms with van der Waals surface area (Å²) in [4.78, 5) is 0. The SMILES string of the molecule is CCCCCCCCCCCCCCCCCCNc1ccc(-c2ccccc2)cc1. The second kappa shape index (κ2) is 17.9. The van der Waals surface area contributed by atoms with Crippen molar-refractivity contribution >= 4 is 5.69 Å². The Kier molecular flexibility index (Phi) is 14.7. The van der Waals surface area contributed by atoms with Crippen LogP contribution in [0.15, 0.2) is 54.6 Å². The van der Waals surface area contributed by atoms with E-state index in [9.17, 15) is 0 Å². The second-order valence-corrected chi connectivity index (χ2v) is 9.17. The van der Waals surface area contributed by atoms with Gasteiger partial charge in [0.05, 0.1) is 0 Å². The molecule has 2 aromatic carbocycles. The van der Waals surface area contributed by atoms with Gasteiger partial charge in [0.1, 0.15) is 0 Å². The Hall–Kier alpha value is -1.76. The first-order valence-corrected chi connectivity index (χ1v) is 13.3. The molecule has 0 saturated heterocycles. The van der Waals surface area contributed by atoms with Gasteiger partial charge in [-0.25, -0.2) is 0 Å². The van der Waals surface area contributed by atoms with Gasteiger partial charge in [0.2, 0.25) is 0 Å². The number of hydrogen-bond donors (Lipinski definition) is 1. The summed E-state index contributed by atoms with van der Waals surface area (Å²) in [7, 11) is 0. The third-order valence-electron chi connectivity index (χ3n) is 6.35. The molecule has 0 amide bonds. The van der Waals surface area contributed by atoms with Crippen LogP contribution in [-0.4, -0.2) is 6.54 Å². The van der Waals surface area contributed by atoms with Gasteiger partial charge in [-0.3, -0.25) is 0 Å². The molecule has 0 aliphatic carbocycles. The summed E-state index contributed by atoms with van der Waals surface area (Å²) >= 11 is 0. The smallest absolute Gasteiger partial charge is 0.0340 e. The van der Waals surface area contributed by atoms with Crippen LogP contribution in [0.4, 0.5) is 5.69 Å². The lowest BCUT2D eigenvalue weighted by Crippen LogP contribution is -2.01. The summed E-state index contributed by atoms with van der Waals surface area (Å²) in [6.45, 7) is 3.38. The van der Waals surface area contributed by atoms with E-state index in [4.69, 9.17) is 0 Å². The summed E-state index contributed by atoms with van der Waals surface area (Å²) in [5.74, 6) is 0. The first-order valence-electron chi connectivity index (χ1n) is 13.3. The highest BCUT2D eigenvalue weighted by atomic mass is 14.9. The van der Waals surface area contributed by atoms with Crippen LogP contribution in [0.1, 0.15) is 110 Å². The zero-order valence-electron chi connectivity index (χ0n) is 20.2. The quantitative estimate of drug-likeness (QED) is 0.222. The molecule has 0 aliphatic rings. The minimum atomic E-state index is 1.09. The molecule has 0 saturated carbocycles. The number of anilines is 1. The molecule has 1 N–H and O–H groups in total. The molecule has 0 aromatic heterocycles. The number of benzene rings is 2. The number of nitrogens with one attached hydrogen (secondary N) is 1. The Morgan fingerprint density at radius 1 is 0.452 bits per heavy atom. The van der Waals surface area contributed by atoms with Crippen LogP contribution < -0.4 is 5.32 Å². The molecule has 0 aliphatic heterocycles. The summed E-state index contributed by atoms with van der Waals surface area (Å²) in [6.07, 6.45) is 22.8. The Bertz CT molecular complexity index is 631. The van der Waals surface area contributed by atoms with Gasteiger partial charge in [-0.2, -0.15) is 0 Å². The Morgan fingerprint density at radius 2 is 0.871 bits per heavy atom. The molecule has 0 heterocycles. The van der Waals surface area contributed by atoms with Gasteiger partial charge in [0.25, 0.3) is 0 Å². The molecule has 2 rings (SSSR count). The maximum Gasteiger partial charge on any atom is 0.0340 e. The molecule has 1 heteroatoms. The lowest BCUT2D eigenvalue weighted by atomic mass is 10.0. The average molecular weight is 422 g/mol. The lowest BCUT2D eigenvalue weighted by molar-refractivity contribution is 0.530.